The fraction of sp³-hybridized carbons (Fsp3) is 0.100. The smallest absolute Gasteiger partial charge is 0.212 e. The summed E-state index contributed by atoms with van der Waals surface area (Å²) in [6.45, 7) is 0. The first-order valence-corrected chi connectivity index (χ1v) is 4.64. The predicted molar refractivity (Wildman–Crippen MR) is 57.6 cm³/mol. The van der Waals surface area contributed by atoms with Crippen molar-refractivity contribution in [3.8, 4) is 11.3 Å². The number of hydrogen-bond acceptors (Lipinski definition) is 2. The van der Waals surface area contributed by atoms with E-state index >= 15 is 0 Å². The molecule has 1 N–H and O–H groups in total. The lowest BCUT2D eigenvalue weighted by Crippen LogP contribution is -2.06. The van der Waals surface area contributed by atoms with Crippen LogP contribution in [0.2, 0.25) is 0 Å². The predicted octanol–water partition coefficient (Wildman–Crippen LogP) is 2.27. The highest BCUT2D eigenvalue weighted by molar-refractivity contribution is 7.71. The number of benzene rings is 1. The molecule has 0 amide bonds. The van der Waals surface area contributed by atoms with E-state index in [1.165, 1.54) is 0 Å². The molecule has 2 rings (SSSR count). The number of nitrogens with zero attached hydrogens (tertiary/aromatic N) is 1. The Morgan fingerprint density at radius 3 is 2.64 bits per heavy atom. The first-order valence-electron chi connectivity index (χ1n) is 4.23. The summed E-state index contributed by atoms with van der Waals surface area (Å²) in [6.07, 6.45) is 1.83. The largest absolute Gasteiger partial charge is 0.414 e. The number of rotatable bonds is 2. The zero-order chi connectivity index (χ0) is 9.97. The molecule has 2 aromatic rings. The highest BCUT2D eigenvalue weighted by Crippen LogP contribution is 2.17. The van der Waals surface area contributed by atoms with Gasteiger partial charge in [0.2, 0.25) is 4.77 Å². The molecule has 3 nitrogen and oxygen atoms in total. The molecule has 0 saturated carbocycles. The lowest BCUT2D eigenvalue weighted by molar-refractivity contribution is 0.167. The number of nitrogens with one attached hydrogen (secondary N) is 1. The van der Waals surface area contributed by atoms with Gasteiger partial charge in [-0.2, -0.15) is 4.73 Å². The SMILES string of the molecule is COn1c(-c2ccccc2)c[nH]c1=S. The maximum atomic E-state index is 5.15. The van der Waals surface area contributed by atoms with Crippen molar-refractivity contribution in [2.24, 2.45) is 0 Å². The van der Waals surface area contributed by atoms with Crippen LogP contribution in [0, 0.1) is 4.77 Å². The Bertz CT molecular complexity index is 472. The molecule has 0 radical (unpaired) electrons. The second kappa shape index (κ2) is 3.67. The van der Waals surface area contributed by atoms with Crippen LogP contribution in [0.3, 0.4) is 0 Å². The summed E-state index contributed by atoms with van der Waals surface area (Å²) in [5.74, 6) is 0. The quantitative estimate of drug-likeness (QED) is 0.764. The van der Waals surface area contributed by atoms with Crippen LogP contribution in [0.25, 0.3) is 11.3 Å². The van der Waals surface area contributed by atoms with Gasteiger partial charge in [0.1, 0.15) is 12.8 Å². The van der Waals surface area contributed by atoms with Crippen molar-refractivity contribution in [3.05, 3.63) is 41.3 Å². The van der Waals surface area contributed by atoms with Gasteiger partial charge in [-0.05, 0) is 12.2 Å². The Balaban J connectivity index is 2.57. The molecule has 1 heterocycles. The molecule has 0 fully saturated rings. The third-order valence-electron chi connectivity index (χ3n) is 1.99. The number of imidazole rings is 1. The van der Waals surface area contributed by atoms with Crippen LogP contribution in [-0.2, 0) is 0 Å². The van der Waals surface area contributed by atoms with E-state index < -0.39 is 0 Å². The van der Waals surface area contributed by atoms with E-state index in [0.717, 1.165) is 11.3 Å². The van der Waals surface area contributed by atoms with E-state index in [0.29, 0.717) is 4.77 Å². The van der Waals surface area contributed by atoms with Crippen LogP contribution in [0.15, 0.2) is 36.5 Å². The normalized spacial score (nSPS) is 10.1. The fourth-order valence-corrected chi connectivity index (χ4v) is 1.58. The van der Waals surface area contributed by atoms with Crippen molar-refractivity contribution in [2.75, 3.05) is 7.11 Å². The molecule has 0 aliphatic heterocycles. The van der Waals surface area contributed by atoms with Gasteiger partial charge in [-0.25, -0.2) is 0 Å². The Hall–Kier alpha value is -1.55. The number of hydrogen-bond donors (Lipinski definition) is 1. The van der Waals surface area contributed by atoms with Gasteiger partial charge in [-0.1, -0.05) is 30.3 Å². The maximum Gasteiger partial charge on any atom is 0.212 e. The van der Waals surface area contributed by atoms with Gasteiger partial charge in [0.25, 0.3) is 0 Å². The molecule has 72 valence electrons. The molecule has 0 atom stereocenters. The summed E-state index contributed by atoms with van der Waals surface area (Å²) in [5, 5.41) is 0. The first kappa shape index (κ1) is 9.02. The van der Waals surface area contributed by atoms with Crippen molar-refractivity contribution >= 4 is 12.2 Å². The first-order chi connectivity index (χ1) is 6.83. The Morgan fingerprint density at radius 2 is 2.00 bits per heavy atom. The van der Waals surface area contributed by atoms with Gasteiger partial charge in [-0.3, -0.25) is 0 Å². The van der Waals surface area contributed by atoms with Crippen LogP contribution in [0.5, 0.6) is 0 Å². The average Bonchev–Trinajstić information content (AvgIpc) is 2.61. The minimum absolute atomic E-state index is 0.561. The van der Waals surface area contributed by atoms with E-state index in [2.05, 4.69) is 4.98 Å². The lowest BCUT2D eigenvalue weighted by atomic mass is 10.2. The summed E-state index contributed by atoms with van der Waals surface area (Å²) in [6, 6.07) is 9.94. The van der Waals surface area contributed by atoms with Crippen molar-refractivity contribution in [1.82, 2.24) is 9.71 Å². The topological polar surface area (TPSA) is 29.9 Å². The van der Waals surface area contributed by atoms with Gasteiger partial charge < -0.3 is 9.82 Å². The van der Waals surface area contributed by atoms with Gasteiger partial charge in [0.05, 0.1) is 0 Å². The highest BCUT2D eigenvalue weighted by atomic mass is 32.1. The highest BCUT2D eigenvalue weighted by Gasteiger charge is 2.05. The summed E-state index contributed by atoms with van der Waals surface area (Å²) in [7, 11) is 1.59. The van der Waals surface area contributed by atoms with Gasteiger partial charge in [0, 0.05) is 11.8 Å². The minimum atomic E-state index is 0.561. The molecule has 4 heteroatoms. The van der Waals surface area contributed by atoms with E-state index in [1.54, 1.807) is 11.8 Å². The monoisotopic (exact) mass is 206 g/mol. The summed E-state index contributed by atoms with van der Waals surface area (Å²) in [4.78, 5) is 8.09. The second-order valence-electron chi connectivity index (χ2n) is 2.82. The van der Waals surface area contributed by atoms with Crippen LogP contribution < -0.4 is 4.84 Å². The zero-order valence-corrected chi connectivity index (χ0v) is 8.54. The molecule has 0 bridgehead atoms. The van der Waals surface area contributed by atoms with Crippen LogP contribution in [0.4, 0.5) is 0 Å². The van der Waals surface area contributed by atoms with E-state index in [-0.39, 0.29) is 0 Å². The zero-order valence-electron chi connectivity index (χ0n) is 7.73. The van der Waals surface area contributed by atoms with Crippen molar-refractivity contribution in [1.29, 1.82) is 0 Å². The Labute approximate surface area is 86.9 Å². The molecule has 1 aromatic heterocycles. The molecule has 14 heavy (non-hydrogen) atoms. The van der Waals surface area contributed by atoms with E-state index in [1.807, 2.05) is 36.5 Å². The second-order valence-corrected chi connectivity index (χ2v) is 3.21. The minimum Gasteiger partial charge on any atom is -0.414 e. The van der Waals surface area contributed by atoms with Crippen LogP contribution in [-0.4, -0.2) is 16.8 Å². The number of aromatic nitrogens is 2. The summed E-state index contributed by atoms with van der Waals surface area (Å²) < 4.78 is 2.15. The molecular weight excluding hydrogens is 196 g/mol. The maximum absolute atomic E-state index is 5.15. The summed E-state index contributed by atoms with van der Waals surface area (Å²) >= 11 is 5.05. The van der Waals surface area contributed by atoms with Crippen LogP contribution >= 0.6 is 12.2 Å². The van der Waals surface area contributed by atoms with Gasteiger partial charge in [0.15, 0.2) is 0 Å². The molecular formula is C10H10N2OS. The van der Waals surface area contributed by atoms with E-state index in [9.17, 15) is 0 Å². The van der Waals surface area contributed by atoms with Crippen molar-refractivity contribution in [2.45, 2.75) is 0 Å². The molecule has 1 aromatic carbocycles. The van der Waals surface area contributed by atoms with E-state index in [4.69, 9.17) is 17.1 Å². The van der Waals surface area contributed by atoms with Gasteiger partial charge >= 0.3 is 0 Å². The molecule has 0 aliphatic rings. The molecule has 0 spiro atoms. The van der Waals surface area contributed by atoms with Gasteiger partial charge in [-0.15, -0.1) is 0 Å². The Morgan fingerprint density at radius 1 is 1.29 bits per heavy atom. The fourth-order valence-electron chi connectivity index (χ4n) is 1.35. The number of aromatic amines is 1. The average molecular weight is 206 g/mol. The lowest BCUT2D eigenvalue weighted by Gasteiger charge is -2.04. The molecule has 0 unspecified atom stereocenters. The molecule has 0 saturated heterocycles. The van der Waals surface area contributed by atoms with Crippen molar-refractivity contribution < 1.29 is 4.84 Å². The standard InChI is InChI=1S/C10H10N2OS/c1-13-12-9(7-11-10(12)14)8-5-3-2-4-6-8/h2-7H,1H3,(H,11,14). The number of H-pyrrole nitrogens is 1. The third-order valence-corrected chi connectivity index (χ3v) is 2.27. The Kier molecular flexibility index (Phi) is 2.37. The van der Waals surface area contributed by atoms with Crippen molar-refractivity contribution in [3.63, 3.8) is 0 Å². The van der Waals surface area contributed by atoms with Crippen LogP contribution in [0.1, 0.15) is 0 Å². The third kappa shape index (κ3) is 1.44. The molecule has 0 aliphatic carbocycles. The summed E-state index contributed by atoms with van der Waals surface area (Å²) in [5.41, 5.74) is 2.00.